The molecule has 30 heavy (non-hydrogen) atoms. The summed E-state index contributed by atoms with van der Waals surface area (Å²) in [4.78, 5) is 6.76. The van der Waals surface area contributed by atoms with E-state index in [4.69, 9.17) is 4.42 Å². The first kappa shape index (κ1) is 19.2. The lowest BCUT2D eigenvalue weighted by Gasteiger charge is -2.34. The number of piperazine rings is 1. The second-order valence-electron chi connectivity index (χ2n) is 7.01. The molecule has 1 aliphatic rings. The van der Waals surface area contributed by atoms with Crippen LogP contribution in [0.5, 0.6) is 0 Å². The van der Waals surface area contributed by atoms with Gasteiger partial charge in [0.2, 0.25) is 10.0 Å². The second kappa shape index (κ2) is 7.46. The maximum Gasteiger partial charge on any atom is 0.243 e. The molecule has 0 unspecified atom stereocenters. The zero-order chi connectivity index (χ0) is 20.7. The molecule has 0 saturated carbocycles. The van der Waals surface area contributed by atoms with Gasteiger partial charge in [-0.15, -0.1) is 21.5 Å². The molecule has 1 aromatic carbocycles. The van der Waals surface area contributed by atoms with Crippen molar-refractivity contribution in [2.75, 3.05) is 31.1 Å². The summed E-state index contributed by atoms with van der Waals surface area (Å²) in [6.45, 7) is 3.81. The Kier molecular flexibility index (Phi) is 4.76. The lowest BCUT2D eigenvalue weighted by atomic mass is 10.3. The number of nitrogens with zero attached hydrogens (tertiary/aromatic N) is 5. The predicted octanol–water partition coefficient (Wildman–Crippen LogP) is 3.17. The van der Waals surface area contributed by atoms with Gasteiger partial charge < -0.3 is 9.32 Å². The summed E-state index contributed by atoms with van der Waals surface area (Å²) in [6, 6.07) is 12.5. The van der Waals surface area contributed by atoms with Crippen LogP contribution in [-0.2, 0) is 10.0 Å². The number of aromatic nitrogens is 3. The van der Waals surface area contributed by atoms with Gasteiger partial charge in [0.05, 0.1) is 26.4 Å². The third kappa shape index (κ3) is 3.47. The number of benzene rings is 1. The van der Waals surface area contributed by atoms with Gasteiger partial charge in [-0.2, -0.15) is 4.31 Å². The zero-order valence-corrected chi connectivity index (χ0v) is 17.9. The largest absolute Gasteiger partial charge is 0.463 e. The first-order valence-corrected chi connectivity index (χ1v) is 11.8. The van der Waals surface area contributed by atoms with E-state index < -0.39 is 10.0 Å². The Hall–Kier alpha value is -2.82. The predicted molar refractivity (Wildman–Crippen MR) is 115 cm³/mol. The van der Waals surface area contributed by atoms with Gasteiger partial charge in [-0.3, -0.25) is 0 Å². The lowest BCUT2D eigenvalue weighted by Crippen LogP contribution is -2.48. The molecule has 4 aromatic rings. The molecule has 0 radical (unpaired) electrons. The van der Waals surface area contributed by atoms with Crippen LogP contribution in [0.25, 0.3) is 21.7 Å². The third-order valence-electron chi connectivity index (χ3n) is 5.09. The summed E-state index contributed by atoms with van der Waals surface area (Å²) in [5.74, 6) is 1.39. The van der Waals surface area contributed by atoms with Gasteiger partial charge in [-0.1, -0.05) is 0 Å². The Bertz CT molecular complexity index is 1280. The van der Waals surface area contributed by atoms with Crippen LogP contribution >= 0.6 is 11.3 Å². The van der Waals surface area contributed by atoms with Gasteiger partial charge in [-0.25, -0.2) is 13.4 Å². The van der Waals surface area contributed by atoms with Gasteiger partial charge in [-0.05, 0) is 49.4 Å². The lowest BCUT2D eigenvalue weighted by molar-refractivity contribution is 0.383. The van der Waals surface area contributed by atoms with E-state index in [1.807, 2.05) is 30.0 Å². The fourth-order valence-corrected chi connectivity index (χ4v) is 5.93. The summed E-state index contributed by atoms with van der Waals surface area (Å²) in [5, 5.41) is 9.43. The normalized spacial score (nSPS) is 15.7. The van der Waals surface area contributed by atoms with E-state index in [1.54, 1.807) is 30.5 Å². The minimum absolute atomic E-state index is 0.315. The van der Waals surface area contributed by atoms with Crippen molar-refractivity contribution in [3.8, 4) is 11.5 Å². The number of thiazole rings is 1. The summed E-state index contributed by atoms with van der Waals surface area (Å²) >= 11 is 1.50. The summed E-state index contributed by atoms with van der Waals surface area (Å²) in [6.07, 6.45) is 1.60. The summed E-state index contributed by atoms with van der Waals surface area (Å²) in [5.41, 5.74) is 1.50. The number of furan rings is 1. The standard InChI is InChI=1S/C20H19N5O3S2/c1-14-21-17-5-4-15(13-19(17)29-14)30(26,27)25-10-8-24(9-11-25)20-7-6-16(22-23-20)18-3-2-12-28-18/h2-7,12-13H,8-11H2,1H3. The van der Waals surface area contributed by atoms with Gasteiger partial charge in [0.25, 0.3) is 0 Å². The Balaban J connectivity index is 1.29. The molecule has 0 amide bonds. The third-order valence-corrected chi connectivity index (χ3v) is 7.92. The smallest absolute Gasteiger partial charge is 0.243 e. The molecule has 0 bridgehead atoms. The van der Waals surface area contributed by atoms with Crippen LogP contribution in [0.15, 0.2) is 58.0 Å². The van der Waals surface area contributed by atoms with Crippen molar-refractivity contribution in [1.82, 2.24) is 19.5 Å². The Labute approximate surface area is 177 Å². The van der Waals surface area contributed by atoms with E-state index in [0.29, 0.717) is 42.5 Å². The van der Waals surface area contributed by atoms with Crippen molar-refractivity contribution in [3.63, 3.8) is 0 Å². The van der Waals surface area contributed by atoms with Crippen molar-refractivity contribution in [1.29, 1.82) is 0 Å². The van der Waals surface area contributed by atoms with Crippen molar-refractivity contribution >= 4 is 37.4 Å². The first-order chi connectivity index (χ1) is 14.5. The Morgan fingerprint density at radius 2 is 1.87 bits per heavy atom. The summed E-state index contributed by atoms with van der Waals surface area (Å²) < 4.78 is 34.0. The highest BCUT2D eigenvalue weighted by Crippen LogP contribution is 2.27. The number of hydrogen-bond donors (Lipinski definition) is 0. The zero-order valence-electron chi connectivity index (χ0n) is 16.2. The molecule has 0 aliphatic carbocycles. The molecule has 0 N–H and O–H groups in total. The molecular formula is C20H19N5O3S2. The van der Waals surface area contributed by atoms with E-state index >= 15 is 0 Å². The number of rotatable bonds is 4. The maximum atomic E-state index is 13.1. The average Bonchev–Trinajstić information content (AvgIpc) is 3.42. The molecule has 4 heterocycles. The highest BCUT2D eigenvalue weighted by atomic mass is 32.2. The van der Waals surface area contributed by atoms with E-state index in [2.05, 4.69) is 15.2 Å². The molecule has 10 heteroatoms. The van der Waals surface area contributed by atoms with Gasteiger partial charge in [0, 0.05) is 26.2 Å². The van der Waals surface area contributed by atoms with Crippen LogP contribution in [0, 0.1) is 6.92 Å². The fourth-order valence-electron chi connectivity index (χ4n) is 3.54. The first-order valence-electron chi connectivity index (χ1n) is 9.51. The number of hydrogen-bond acceptors (Lipinski definition) is 8. The topological polar surface area (TPSA) is 92.4 Å². The maximum absolute atomic E-state index is 13.1. The average molecular weight is 442 g/mol. The van der Waals surface area contributed by atoms with Crippen LogP contribution < -0.4 is 4.90 Å². The van der Waals surface area contributed by atoms with E-state index in [-0.39, 0.29) is 0 Å². The Morgan fingerprint density at radius 1 is 1.03 bits per heavy atom. The van der Waals surface area contributed by atoms with Crippen LogP contribution in [0.3, 0.4) is 0 Å². The quantitative estimate of drug-likeness (QED) is 0.480. The highest BCUT2D eigenvalue weighted by Gasteiger charge is 2.29. The van der Waals surface area contributed by atoms with E-state index in [0.717, 1.165) is 21.0 Å². The highest BCUT2D eigenvalue weighted by molar-refractivity contribution is 7.89. The van der Waals surface area contributed by atoms with Gasteiger partial charge >= 0.3 is 0 Å². The SMILES string of the molecule is Cc1nc2ccc(S(=O)(=O)N3CCN(c4ccc(-c5ccco5)nn4)CC3)cc2s1. The summed E-state index contributed by atoms with van der Waals surface area (Å²) in [7, 11) is -3.55. The molecule has 8 nitrogen and oxygen atoms in total. The molecule has 5 rings (SSSR count). The number of fused-ring (bicyclic) bond motifs is 1. The van der Waals surface area contributed by atoms with Crippen LogP contribution in [0.2, 0.25) is 0 Å². The molecule has 154 valence electrons. The van der Waals surface area contributed by atoms with Crippen molar-refractivity contribution in [2.45, 2.75) is 11.8 Å². The van der Waals surface area contributed by atoms with Crippen LogP contribution in [-0.4, -0.2) is 54.1 Å². The Morgan fingerprint density at radius 3 is 2.57 bits per heavy atom. The van der Waals surface area contributed by atoms with Gasteiger partial charge in [0.1, 0.15) is 5.69 Å². The molecule has 1 fully saturated rings. The molecule has 1 aliphatic heterocycles. The number of anilines is 1. The minimum Gasteiger partial charge on any atom is -0.463 e. The van der Waals surface area contributed by atoms with Gasteiger partial charge in [0.15, 0.2) is 11.6 Å². The molecular weight excluding hydrogens is 422 g/mol. The molecule has 0 spiro atoms. The van der Waals surface area contributed by atoms with Crippen LogP contribution in [0.1, 0.15) is 5.01 Å². The van der Waals surface area contributed by atoms with Crippen molar-refractivity contribution in [3.05, 3.63) is 53.7 Å². The van der Waals surface area contributed by atoms with E-state index in [1.165, 1.54) is 15.6 Å². The minimum atomic E-state index is -3.55. The second-order valence-corrected chi connectivity index (χ2v) is 10.2. The van der Waals surface area contributed by atoms with Crippen molar-refractivity contribution < 1.29 is 12.8 Å². The monoisotopic (exact) mass is 441 g/mol. The number of aryl methyl sites for hydroxylation is 1. The molecule has 3 aromatic heterocycles. The number of sulfonamides is 1. The molecule has 1 saturated heterocycles. The van der Waals surface area contributed by atoms with Crippen LogP contribution in [0.4, 0.5) is 5.82 Å². The van der Waals surface area contributed by atoms with Crippen molar-refractivity contribution in [2.24, 2.45) is 0 Å². The van der Waals surface area contributed by atoms with E-state index in [9.17, 15) is 8.42 Å². The molecule has 0 atom stereocenters. The fraction of sp³-hybridized carbons (Fsp3) is 0.250.